The topological polar surface area (TPSA) is 72.6 Å². The van der Waals surface area contributed by atoms with Gasteiger partial charge in [-0.1, -0.05) is 29.8 Å². The van der Waals surface area contributed by atoms with Gasteiger partial charge in [0.2, 0.25) is 5.76 Å². The molecule has 0 aliphatic rings. The summed E-state index contributed by atoms with van der Waals surface area (Å²) in [4.78, 5) is 15.2. The van der Waals surface area contributed by atoms with E-state index in [0.29, 0.717) is 18.0 Å². The summed E-state index contributed by atoms with van der Waals surface area (Å²) >= 11 is 0. The number of nitrogens with zero attached hydrogens (tertiary/aromatic N) is 1. The van der Waals surface area contributed by atoms with Crippen LogP contribution in [0, 0.1) is 6.92 Å². The first-order valence-electron chi connectivity index (χ1n) is 6.36. The van der Waals surface area contributed by atoms with Crippen LogP contribution in [0.5, 0.6) is 0 Å². The predicted octanol–water partition coefficient (Wildman–Crippen LogP) is 2.61. The molecule has 0 fully saturated rings. The molecule has 5 heteroatoms. The summed E-state index contributed by atoms with van der Waals surface area (Å²) in [7, 11) is 1.49. The first-order valence-corrected chi connectivity index (χ1v) is 6.36. The summed E-state index contributed by atoms with van der Waals surface area (Å²) in [5.74, 6) is -0.827. The average Bonchev–Trinajstić information content (AvgIpc) is 2.82. The number of rotatable bonds is 6. The first-order chi connectivity index (χ1) is 9.60. The minimum atomic E-state index is -1.12. The number of ether oxygens (including phenoxy) is 1. The Bertz CT molecular complexity index is 586. The number of carboxylic acids is 1. The SMILES string of the molecule is COCc1nc(CCc2ccc(C)cc2)oc1C(=O)O. The second kappa shape index (κ2) is 6.34. The van der Waals surface area contributed by atoms with E-state index in [4.69, 9.17) is 14.3 Å². The maximum Gasteiger partial charge on any atom is 0.373 e. The zero-order chi connectivity index (χ0) is 14.5. The molecule has 0 amide bonds. The van der Waals surface area contributed by atoms with E-state index in [2.05, 4.69) is 4.98 Å². The third-order valence-corrected chi connectivity index (χ3v) is 2.97. The van der Waals surface area contributed by atoms with Gasteiger partial charge in [-0.2, -0.15) is 0 Å². The van der Waals surface area contributed by atoms with E-state index in [1.807, 2.05) is 31.2 Å². The number of benzene rings is 1. The van der Waals surface area contributed by atoms with Gasteiger partial charge in [0.25, 0.3) is 0 Å². The zero-order valence-corrected chi connectivity index (χ0v) is 11.5. The molecule has 2 aromatic rings. The number of hydrogen-bond acceptors (Lipinski definition) is 4. The lowest BCUT2D eigenvalue weighted by Crippen LogP contribution is -2.00. The summed E-state index contributed by atoms with van der Waals surface area (Å²) in [6.07, 6.45) is 1.32. The van der Waals surface area contributed by atoms with Crippen LogP contribution in [-0.4, -0.2) is 23.2 Å². The highest BCUT2D eigenvalue weighted by atomic mass is 16.5. The number of aromatic nitrogens is 1. The third kappa shape index (κ3) is 3.45. The van der Waals surface area contributed by atoms with Gasteiger partial charge in [-0.15, -0.1) is 0 Å². The Morgan fingerprint density at radius 3 is 2.60 bits per heavy atom. The summed E-state index contributed by atoms with van der Waals surface area (Å²) in [5.41, 5.74) is 2.71. The lowest BCUT2D eigenvalue weighted by molar-refractivity contribution is 0.0653. The van der Waals surface area contributed by atoms with Gasteiger partial charge in [0.1, 0.15) is 5.69 Å². The van der Waals surface area contributed by atoms with Crippen molar-refractivity contribution in [2.45, 2.75) is 26.4 Å². The van der Waals surface area contributed by atoms with Crippen molar-refractivity contribution in [2.75, 3.05) is 7.11 Å². The lowest BCUT2D eigenvalue weighted by atomic mass is 10.1. The molecular formula is C15H17NO4. The van der Waals surface area contributed by atoms with Crippen LogP contribution in [0.15, 0.2) is 28.7 Å². The molecule has 1 heterocycles. The minimum absolute atomic E-state index is 0.134. The quantitative estimate of drug-likeness (QED) is 0.877. The van der Waals surface area contributed by atoms with Crippen molar-refractivity contribution >= 4 is 5.97 Å². The van der Waals surface area contributed by atoms with E-state index in [0.717, 1.165) is 6.42 Å². The highest BCUT2D eigenvalue weighted by Gasteiger charge is 2.19. The Balaban J connectivity index is 2.07. The van der Waals surface area contributed by atoms with E-state index < -0.39 is 5.97 Å². The van der Waals surface area contributed by atoms with E-state index >= 15 is 0 Å². The second-order valence-corrected chi connectivity index (χ2v) is 4.61. The van der Waals surface area contributed by atoms with Crippen molar-refractivity contribution in [2.24, 2.45) is 0 Å². The van der Waals surface area contributed by atoms with Gasteiger partial charge in [-0.05, 0) is 18.9 Å². The van der Waals surface area contributed by atoms with E-state index in [9.17, 15) is 4.79 Å². The van der Waals surface area contributed by atoms with Crippen molar-refractivity contribution in [3.63, 3.8) is 0 Å². The molecule has 0 radical (unpaired) electrons. The zero-order valence-electron chi connectivity index (χ0n) is 11.5. The van der Waals surface area contributed by atoms with E-state index in [-0.39, 0.29) is 12.4 Å². The molecule has 1 N–H and O–H groups in total. The number of methoxy groups -OCH3 is 1. The molecule has 106 valence electrons. The van der Waals surface area contributed by atoms with Crippen LogP contribution in [0.4, 0.5) is 0 Å². The first kappa shape index (κ1) is 14.3. The maximum absolute atomic E-state index is 11.0. The van der Waals surface area contributed by atoms with Gasteiger partial charge in [-0.3, -0.25) is 0 Å². The van der Waals surface area contributed by atoms with Crippen LogP contribution >= 0.6 is 0 Å². The molecule has 2 rings (SSSR count). The van der Waals surface area contributed by atoms with Crippen LogP contribution < -0.4 is 0 Å². The molecule has 5 nitrogen and oxygen atoms in total. The highest BCUT2D eigenvalue weighted by molar-refractivity contribution is 5.85. The van der Waals surface area contributed by atoms with Crippen molar-refractivity contribution in [3.05, 3.63) is 52.7 Å². The molecule has 0 bridgehead atoms. The fourth-order valence-corrected chi connectivity index (χ4v) is 1.92. The fourth-order valence-electron chi connectivity index (χ4n) is 1.92. The number of hydrogen-bond donors (Lipinski definition) is 1. The van der Waals surface area contributed by atoms with Crippen molar-refractivity contribution in [1.29, 1.82) is 0 Å². The number of carboxylic acid groups (broad SMARTS) is 1. The fraction of sp³-hybridized carbons (Fsp3) is 0.333. The van der Waals surface area contributed by atoms with Crippen molar-refractivity contribution < 1.29 is 19.1 Å². The normalized spacial score (nSPS) is 10.7. The Labute approximate surface area is 117 Å². The highest BCUT2D eigenvalue weighted by Crippen LogP contribution is 2.15. The van der Waals surface area contributed by atoms with Crippen LogP contribution in [0.3, 0.4) is 0 Å². The van der Waals surface area contributed by atoms with E-state index in [1.54, 1.807) is 0 Å². The number of carbonyl (C=O) groups is 1. The molecular weight excluding hydrogens is 258 g/mol. The molecule has 0 aliphatic carbocycles. The molecule has 0 spiro atoms. The van der Waals surface area contributed by atoms with Gasteiger partial charge in [0, 0.05) is 13.5 Å². The molecule has 1 aromatic carbocycles. The van der Waals surface area contributed by atoms with E-state index in [1.165, 1.54) is 18.2 Å². The third-order valence-electron chi connectivity index (χ3n) is 2.97. The number of aromatic carboxylic acids is 1. The van der Waals surface area contributed by atoms with Crippen LogP contribution in [-0.2, 0) is 24.2 Å². The smallest absolute Gasteiger partial charge is 0.373 e. The molecule has 0 atom stereocenters. The number of oxazole rings is 1. The Morgan fingerprint density at radius 2 is 2.00 bits per heavy atom. The Kier molecular flexibility index (Phi) is 4.53. The number of aryl methyl sites for hydroxylation is 3. The molecule has 0 saturated heterocycles. The largest absolute Gasteiger partial charge is 0.475 e. The van der Waals surface area contributed by atoms with Crippen LogP contribution in [0.25, 0.3) is 0 Å². The average molecular weight is 275 g/mol. The standard InChI is InChI=1S/C15H17NO4/c1-10-3-5-11(6-4-10)7-8-13-16-12(9-19-2)14(20-13)15(17)18/h3-6H,7-9H2,1-2H3,(H,17,18). The van der Waals surface area contributed by atoms with Gasteiger partial charge >= 0.3 is 5.97 Å². The maximum atomic E-state index is 11.0. The lowest BCUT2D eigenvalue weighted by Gasteiger charge is -1.99. The Hall–Kier alpha value is -2.14. The van der Waals surface area contributed by atoms with Crippen LogP contribution in [0.1, 0.15) is 33.3 Å². The summed E-state index contributed by atoms with van der Waals surface area (Å²) < 4.78 is 10.2. The van der Waals surface area contributed by atoms with Gasteiger partial charge in [0.15, 0.2) is 5.89 Å². The molecule has 20 heavy (non-hydrogen) atoms. The predicted molar refractivity (Wildman–Crippen MR) is 72.8 cm³/mol. The van der Waals surface area contributed by atoms with Crippen molar-refractivity contribution in [3.8, 4) is 0 Å². The summed E-state index contributed by atoms with van der Waals surface area (Å²) in [6.45, 7) is 2.17. The van der Waals surface area contributed by atoms with Gasteiger partial charge in [-0.25, -0.2) is 9.78 Å². The van der Waals surface area contributed by atoms with Crippen molar-refractivity contribution in [1.82, 2.24) is 4.98 Å². The van der Waals surface area contributed by atoms with Crippen LogP contribution in [0.2, 0.25) is 0 Å². The molecule has 1 aromatic heterocycles. The second-order valence-electron chi connectivity index (χ2n) is 4.61. The Morgan fingerprint density at radius 1 is 1.30 bits per heavy atom. The summed E-state index contributed by atoms with van der Waals surface area (Å²) in [6, 6.07) is 8.19. The van der Waals surface area contributed by atoms with Gasteiger partial charge < -0.3 is 14.3 Å². The summed E-state index contributed by atoms with van der Waals surface area (Å²) in [5, 5.41) is 9.03. The minimum Gasteiger partial charge on any atom is -0.475 e. The molecule has 0 unspecified atom stereocenters. The monoisotopic (exact) mass is 275 g/mol. The molecule has 0 aliphatic heterocycles. The molecule has 0 saturated carbocycles. The van der Waals surface area contributed by atoms with Gasteiger partial charge in [0.05, 0.1) is 6.61 Å².